The molecule has 1 saturated heterocycles. The van der Waals surface area contributed by atoms with Crippen LogP contribution in [0, 0.1) is 0 Å². The number of aromatic nitrogens is 4. The first-order valence-corrected chi connectivity index (χ1v) is 10.1. The minimum Gasteiger partial charge on any atom is -0.353 e. The highest BCUT2D eigenvalue weighted by atomic mass is 15.3. The predicted octanol–water partition coefficient (Wildman–Crippen LogP) is 2.35. The number of anilines is 2. The first-order chi connectivity index (χ1) is 12.9. The Labute approximate surface area is 154 Å². The van der Waals surface area contributed by atoms with E-state index in [4.69, 9.17) is 0 Å². The Morgan fingerprint density at radius 3 is 1.42 bits per heavy atom. The molecule has 3 heterocycles. The summed E-state index contributed by atoms with van der Waals surface area (Å²) in [6.07, 6.45) is 13.0. The summed E-state index contributed by atoms with van der Waals surface area (Å²) in [5, 5.41) is 0. The van der Waals surface area contributed by atoms with Gasteiger partial charge in [0.15, 0.2) is 0 Å². The fraction of sp³-hybridized carbons (Fsp3) is 0.600. The van der Waals surface area contributed by atoms with Crippen molar-refractivity contribution >= 4 is 11.6 Å². The average molecular weight is 350 g/mol. The summed E-state index contributed by atoms with van der Waals surface area (Å²) >= 11 is 0. The van der Waals surface area contributed by atoms with Gasteiger partial charge in [0.05, 0.1) is 0 Å². The first kappa shape index (κ1) is 16.0. The maximum Gasteiger partial charge on any atom is 0.135 e. The Morgan fingerprint density at radius 2 is 0.962 bits per heavy atom. The van der Waals surface area contributed by atoms with Crippen molar-refractivity contribution in [2.45, 2.75) is 51.4 Å². The zero-order chi connectivity index (χ0) is 17.3. The van der Waals surface area contributed by atoms with E-state index in [0.717, 1.165) is 51.9 Å². The van der Waals surface area contributed by atoms with Crippen molar-refractivity contribution in [3.05, 3.63) is 35.2 Å². The fourth-order valence-electron chi connectivity index (χ4n) is 4.68. The molecule has 0 atom stereocenters. The van der Waals surface area contributed by atoms with Crippen molar-refractivity contribution in [2.75, 3.05) is 36.0 Å². The molecule has 0 spiro atoms. The van der Waals surface area contributed by atoms with Gasteiger partial charge in [0.25, 0.3) is 0 Å². The van der Waals surface area contributed by atoms with E-state index in [1.807, 2.05) is 0 Å². The van der Waals surface area contributed by atoms with Crippen LogP contribution in [0.5, 0.6) is 0 Å². The van der Waals surface area contributed by atoms with Gasteiger partial charge in [-0.3, -0.25) is 0 Å². The Hall–Kier alpha value is -2.24. The minimum atomic E-state index is 1.00. The summed E-state index contributed by atoms with van der Waals surface area (Å²) in [7, 11) is 0. The molecule has 0 amide bonds. The molecule has 5 rings (SSSR count). The average Bonchev–Trinajstić information content (AvgIpc) is 2.73. The third-order valence-electron chi connectivity index (χ3n) is 6.08. The Kier molecular flexibility index (Phi) is 4.19. The lowest BCUT2D eigenvalue weighted by molar-refractivity contribution is 0.609. The van der Waals surface area contributed by atoms with E-state index in [2.05, 4.69) is 29.7 Å². The van der Waals surface area contributed by atoms with E-state index in [0.29, 0.717) is 0 Å². The van der Waals surface area contributed by atoms with Crippen LogP contribution < -0.4 is 9.80 Å². The predicted molar refractivity (Wildman–Crippen MR) is 102 cm³/mol. The van der Waals surface area contributed by atoms with Crippen molar-refractivity contribution in [3.63, 3.8) is 0 Å². The van der Waals surface area contributed by atoms with Crippen molar-refractivity contribution < 1.29 is 0 Å². The summed E-state index contributed by atoms with van der Waals surface area (Å²) < 4.78 is 0. The molecule has 0 unspecified atom stereocenters. The third kappa shape index (κ3) is 2.81. The van der Waals surface area contributed by atoms with Crippen LogP contribution in [0.2, 0.25) is 0 Å². The van der Waals surface area contributed by atoms with Gasteiger partial charge in [0.1, 0.15) is 24.3 Å². The molecule has 0 aromatic carbocycles. The Morgan fingerprint density at radius 1 is 0.538 bits per heavy atom. The second-order valence-electron chi connectivity index (χ2n) is 7.63. The zero-order valence-electron chi connectivity index (χ0n) is 15.3. The van der Waals surface area contributed by atoms with Crippen LogP contribution in [-0.4, -0.2) is 46.1 Å². The normalized spacial score (nSPS) is 19.8. The van der Waals surface area contributed by atoms with Crippen molar-refractivity contribution in [1.82, 2.24) is 19.9 Å². The van der Waals surface area contributed by atoms with Crippen molar-refractivity contribution in [1.29, 1.82) is 0 Å². The maximum atomic E-state index is 4.65. The van der Waals surface area contributed by atoms with E-state index < -0.39 is 0 Å². The van der Waals surface area contributed by atoms with Crippen LogP contribution in [0.1, 0.15) is 48.2 Å². The number of nitrogens with zero attached hydrogens (tertiary/aromatic N) is 6. The van der Waals surface area contributed by atoms with Gasteiger partial charge in [-0.2, -0.15) is 0 Å². The molecule has 2 aromatic heterocycles. The lowest BCUT2D eigenvalue weighted by atomic mass is 9.95. The van der Waals surface area contributed by atoms with Gasteiger partial charge < -0.3 is 9.80 Å². The number of hydrogen-bond donors (Lipinski definition) is 0. The van der Waals surface area contributed by atoms with Gasteiger partial charge in [-0.1, -0.05) is 0 Å². The first-order valence-electron chi connectivity index (χ1n) is 10.1. The second kappa shape index (κ2) is 6.82. The molecule has 6 heteroatoms. The van der Waals surface area contributed by atoms with Gasteiger partial charge in [0, 0.05) is 48.7 Å². The van der Waals surface area contributed by atoms with Crippen LogP contribution in [-0.2, 0) is 25.7 Å². The maximum absolute atomic E-state index is 4.65. The molecule has 26 heavy (non-hydrogen) atoms. The molecule has 2 aromatic rings. The van der Waals surface area contributed by atoms with Crippen molar-refractivity contribution in [3.8, 4) is 0 Å². The molecular formula is C20H26N6. The lowest BCUT2D eigenvalue weighted by Crippen LogP contribution is -2.48. The van der Waals surface area contributed by atoms with Crippen LogP contribution >= 0.6 is 0 Å². The topological polar surface area (TPSA) is 58.0 Å². The minimum absolute atomic E-state index is 1.00. The van der Waals surface area contributed by atoms with Crippen molar-refractivity contribution in [2.24, 2.45) is 0 Å². The summed E-state index contributed by atoms with van der Waals surface area (Å²) in [5.41, 5.74) is 5.33. The molecule has 0 radical (unpaired) electrons. The van der Waals surface area contributed by atoms with Gasteiger partial charge in [-0.15, -0.1) is 0 Å². The summed E-state index contributed by atoms with van der Waals surface area (Å²) in [6.45, 7) is 4.01. The number of rotatable bonds is 2. The van der Waals surface area contributed by atoms with Gasteiger partial charge in [-0.05, 0) is 51.4 Å². The largest absolute Gasteiger partial charge is 0.353 e. The SMILES string of the molecule is c1nc2c(c(N3CCN(c4ncnc5c4CCCC5)CC3)n1)CCCC2. The summed E-state index contributed by atoms with van der Waals surface area (Å²) in [5.74, 6) is 2.36. The van der Waals surface area contributed by atoms with E-state index in [1.54, 1.807) is 12.7 Å². The van der Waals surface area contributed by atoms with E-state index in [9.17, 15) is 0 Å². The molecule has 0 saturated carbocycles. The quantitative estimate of drug-likeness (QED) is 0.829. The van der Waals surface area contributed by atoms with Crippen LogP contribution in [0.15, 0.2) is 12.7 Å². The molecular weight excluding hydrogens is 324 g/mol. The molecule has 2 aliphatic carbocycles. The molecule has 0 bridgehead atoms. The van der Waals surface area contributed by atoms with E-state index >= 15 is 0 Å². The number of fused-ring (bicyclic) bond motifs is 2. The molecule has 6 nitrogen and oxygen atoms in total. The fourth-order valence-corrected chi connectivity index (χ4v) is 4.68. The number of piperazine rings is 1. The second-order valence-corrected chi connectivity index (χ2v) is 7.63. The molecule has 1 aliphatic heterocycles. The van der Waals surface area contributed by atoms with Crippen LogP contribution in [0.3, 0.4) is 0 Å². The summed E-state index contributed by atoms with van der Waals surface area (Å²) in [6, 6.07) is 0. The monoisotopic (exact) mass is 350 g/mol. The highest BCUT2D eigenvalue weighted by Gasteiger charge is 2.26. The van der Waals surface area contributed by atoms with Crippen LogP contribution in [0.4, 0.5) is 11.6 Å². The Bertz CT molecular complexity index is 729. The Balaban J connectivity index is 1.35. The number of hydrogen-bond acceptors (Lipinski definition) is 6. The third-order valence-corrected chi connectivity index (χ3v) is 6.08. The highest BCUT2D eigenvalue weighted by Crippen LogP contribution is 2.30. The molecule has 3 aliphatic rings. The standard InChI is InChI=1S/C20H26N6/c1-3-7-17-15(5-1)19(23-13-21-17)25-9-11-26(12-10-25)20-16-6-2-4-8-18(16)22-14-24-20/h13-14H,1-12H2. The molecule has 0 N–H and O–H groups in total. The summed E-state index contributed by atoms with van der Waals surface area (Å²) in [4.78, 5) is 23.3. The smallest absolute Gasteiger partial charge is 0.135 e. The van der Waals surface area contributed by atoms with Crippen LogP contribution in [0.25, 0.3) is 0 Å². The van der Waals surface area contributed by atoms with E-state index in [-0.39, 0.29) is 0 Å². The molecule has 136 valence electrons. The lowest BCUT2D eigenvalue weighted by Gasteiger charge is -2.38. The van der Waals surface area contributed by atoms with Gasteiger partial charge >= 0.3 is 0 Å². The molecule has 1 fully saturated rings. The van der Waals surface area contributed by atoms with E-state index in [1.165, 1.54) is 59.8 Å². The van der Waals surface area contributed by atoms with Gasteiger partial charge in [0.2, 0.25) is 0 Å². The zero-order valence-corrected chi connectivity index (χ0v) is 15.3. The number of aryl methyl sites for hydroxylation is 2. The highest BCUT2D eigenvalue weighted by molar-refractivity contribution is 5.54. The van der Waals surface area contributed by atoms with Gasteiger partial charge in [-0.25, -0.2) is 19.9 Å².